The molecule has 144 valence electrons. The van der Waals surface area contributed by atoms with E-state index < -0.39 is 0 Å². The average molecular weight is 391 g/mol. The molecular weight excluding hydrogens is 364 g/mol. The molecule has 1 saturated heterocycles. The third kappa shape index (κ3) is 3.57. The summed E-state index contributed by atoms with van der Waals surface area (Å²) in [6.07, 6.45) is 4.36. The van der Waals surface area contributed by atoms with Gasteiger partial charge in [0.05, 0.1) is 27.3 Å². The molecule has 1 atom stereocenters. The van der Waals surface area contributed by atoms with E-state index in [1.165, 1.54) is 11.1 Å². The molecular formula is C20H27B2N5S. The van der Waals surface area contributed by atoms with Crippen LogP contribution < -0.4 is 16.0 Å². The first kappa shape index (κ1) is 19.1. The minimum absolute atomic E-state index is 0.451. The quantitative estimate of drug-likeness (QED) is 0.762. The molecule has 0 spiro atoms. The van der Waals surface area contributed by atoms with Gasteiger partial charge in [0.25, 0.3) is 0 Å². The lowest BCUT2D eigenvalue weighted by atomic mass is 9.66. The van der Waals surface area contributed by atoms with Crippen molar-refractivity contribution in [2.45, 2.75) is 31.1 Å². The number of nitrogens with zero attached hydrogens (tertiary/aromatic N) is 3. The molecule has 0 radical (unpaired) electrons. The van der Waals surface area contributed by atoms with Crippen LogP contribution in [-0.4, -0.2) is 43.6 Å². The number of fused-ring (bicyclic) bond motifs is 3. The van der Waals surface area contributed by atoms with Crippen molar-refractivity contribution < 1.29 is 0 Å². The lowest BCUT2D eigenvalue weighted by Crippen LogP contribution is -2.34. The molecule has 2 aliphatic heterocycles. The summed E-state index contributed by atoms with van der Waals surface area (Å²) in [5, 5.41) is 4.44. The second-order valence-corrected chi connectivity index (χ2v) is 9.08. The molecule has 0 aliphatic carbocycles. The number of nitrogens with one attached hydrogen (secondary N) is 1. The Labute approximate surface area is 173 Å². The van der Waals surface area contributed by atoms with Crippen LogP contribution in [-0.2, 0) is 13.0 Å². The first-order valence-corrected chi connectivity index (χ1v) is 10.9. The predicted octanol–water partition coefficient (Wildman–Crippen LogP) is 1.79. The number of aryl methyl sites for hydroxylation is 2. The monoisotopic (exact) mass is 391 g/mol. The summed E-state index contributed by atoms with van der Waals surface area (Å²) in [6, 6.07) is 6.96. The lowest BCUT2D eigenvalue weighted by Gasteiger charge is -2.27. The molecule has 3 N–H and O–H groups in total. The Morgan fingerprint density at radius 1 is 1.43 bits per heavy atom. The van der Waals surface area contributed by atoms with E-state index in [1.54, 1.807) is 0 Å². The van der Waals surface area contributed by atoms with E-state index in [9.17, 15) is 0 Å². The molecule has 1 aromatic carbocycles. The highest BCUT2D eigenvalue weighted by molar-refractivity contribution is 8.03. The SMILES string of the molecule is BC(B)C1CSC(=C)N1c1cn2c(n1)-c1ccc(NCC(=C)N)cc1CCC2. The second kappa shape index (κ2) is 7.66. The maximum Gasteiger partial charge on any atom is 0.152 e. The third-order valence-corrected chi connectivity index (χ3v) is 6.55. The van der Waals surface area contributed by atoms with E-state index in [2.05, 4.69) is 68.0 Å². The van der Waals surface area contributed by atoms with Crippen LogP contribution in [0.3, 0.4) is 0 Å². The fourth-order valence-electron chi connectivity index (χ4n) is 3.99. The zero-order chi connectivity index (χ0) is 19.8. The summed E-state index contributed by atoms with van der Waals surface area (Å²) in [5.41, 5.74) is 10.5. The molecule has 4 rings (SSSR count). The highest BCUT2D eigenvalue weighted by Crippen LogP contribution is 2.40. The zero-order valence-electron chi connectivity index (χ0n) is 16.7. The van der Waals surface area contributed by atoms with Gasteiger partial charge in [-0.05, 0) is 36.6 Å². The van der Waals surface area contributed by atoms with Gasteiger partial charge >= 0.3 is 0 Å². The van der Waals surface area contributed by atoms with Crippen LogP contribution in [0, 0.1) is 0 Å². The van der Waals surface area contributed by atoms with Gasteiger partial charge in [-0.2, -0.15) is 0 Å². The third-order valence-electron chi connectivity index (χ3n) is 5.51. The van der Waals surface area contributed by atoms with Crippen molar-refractivity contribution in [1.82, 2.24) is 9.55 Å². The van der Waals surface area contributed by atoms with E-state index in [0.717, 1.165) is 47.5 Å². The maximum atomic E-state index is 5.69. The van der Waals surface area contributed by atoms with Crippen LogP contribution in [0.25, 0.3) is 11.4 Å². The minimum atomic E-state index is 0.451. The zero-order valence-corrected chi connectivity index (χ0v) is 17.6. The number of imidazole rings is 1. The molecule has 28 heavy (non-hydrogen) atoms. The van der Waals surface area contributed by atoms with Crippen LogP contribution >= 0.6 is 11.8 Å². The van der Waals surface area contributed by atoms with Crippen molar-refractivity contribution in [2.75, 3.05) is 22.5 Å². The van der Waals surface area contributed by atoms with Gasteiger partial charge in [-0.1, -0.05) is 18.9 Å². The standard InChI is InChI=1S/C20H27B2N5S/c1-12(23)9-24-15-5-6-16-14(8-15)4-3-7-26-10-18(25-20(16)26)27-13(2)28-11-17(27)19(21)22/h5-6,8,10,17,19,24H,1-4,7,9,11,21-23H2. The van der Waals surface area contributed by atoms with Gasteiger partial charge < -0.3 is 20.5 Å². The van der Waals surface area contributed by atoms with Gasteiger partial charge in [0.2, 0.25) is 0 Å². The molecule has 0 amide bonds. The first-order chi connectivity index (χ1) is 13.4. The predicted molar refractivity (Wildman–Crippen MR) is 127 cm³/mol. The van der Waals surface area contributed by atoms with Crippen LogP contribution in [0.1, 0.15) is 12.0 Å². The van der Waals surface area contributed by atoms with Crippen LogP contribution in [0.5, 0.6) is 0 Å². The molecule has 8 heteroatoms. The molecule has 1 fully saturated rings. The van der Waals surface area contributed by atoms with Crippen molar-refractivity contribution in [3.05, 3.63) is 53.8 Å². The summed E-state index contributed by atoms with van der Waals surface area (Å²) < 4.78 is 2.31. The minimum Gasteiger partial charge on any atom is -0.401 e. The van der Waals surface area contributed by atoms with Crippen LogP contribution in [0.4, 0.5) is 11.5 Å². The number of nitrogens with two attached hydrogens (primary N) is 1. The number of rotatable bonds is 5. The Kier molecular flexibility index (Phi) is 5.23. The Hall–Kier alpha value is -2.21. The molecule has 1 unspecified atom stereocenters. The number of anilines is 2. The molecule has 5 nitrogen and oxygen atoms in total. The van der Waals surface area contributed by atoms with E-state index in [-0.39, 0.29) is 0 Å². The van der Waals surface area contributed by atoms with Crippen LogP contribution in [0.2, 0.25) is 5.72 Å². The lowest BCUT2D eigenvalue weighted by molar-refractivity contribution is 0.661. The molecule has 2 aliphatic rings. The summed E-state index contributed by atoms with van der Waals surface area (Å²) in [7, 11) is 4.55. The van der Waals surface area contributed by atoms with E-state index in [0.29, 0.717) is 24.0 Å². The average Bonchev–Trinajstić information content (AvgIpc) is 3.19. The number of hydrogen-bond donors (Lipinski definition) is 2. The topological polar surface area (TPSA) is 59.1 Å². The number of benzene rings is 1. The Balaban J connectivity index is 1.68. The van der Waals surface area contributed by atoms with Crippen molar-refractivity contribution in [2.24, 2.45) is 5.73 Å². The Morgan fingerprint density at radius 3 is 3.00 bits per heavy atom. The molecule has 2 aromatic rings. The summed E-state index contributed by atoms with van der Waals surface area (Å²) in [6.45, 7) is 9.60. The van der Waals surface area contributed by atoms with Gasteiger partial charge in [0, 0.05) is 41.5 Å². The normalized spacial score (nSPS) is 18.7. The Morgan fingerprint density at radius 2 is 2.25 bits per heavy atom. The fraction of sp³-hybridized carbons (Fsp3) is 0.350. The van der Waals surface area contributed by atoms with Crippen molar-refractivity contribution in [1.29, 1.82) is 0 Å². The Bertz CT molecular complexity index is 923. The largest absolute Gasteiger partial charge is 0.401 e. The van der Waals surface area contributed by atoms with E-state index in [4.69, 9.17) is 10.7 Å². The van der Waals surface area contributed by atoms with Crippen molar-refractivity contribution in [3.63, 3.8) is 0 Å². The van der Waals surface area contributed by atoms with Crippen molar-refractivity contribution >= 4 is 39.0 Å². The first-order valence-electron chi connectivity index (χ1n) is 9.92. The van der Waals surface area contributed by atoms with Gasteiger partial charge in [-0.3, -0.25) is 0 Å². The summed E-state index contributed by atoms with van der Waals surface area (Å²) in [4.78, 5) is 7.41. The highest BCUT2D eigenvalue weighted by Gasteiger charge is 2.33. The molecule has 0 bridgehead atoms. The van der Waals surface area contributed by atoms with Crippen LogP contribution in [0.15, 0.2) is 48.3 Å². The van der Waals surface area contributed by atoms with E-state index >= 15 is 0 Å². The molecule has 3 heterocycles. The van der Waals surface area contributed by atoms with Gasteiger partial charge in [-0.25, -0.2) is 4.98 Å². The van der Waals surface area contributed by atoms with E-state index in [1.807, 2.05) is 11.8 Å². The maximum absolute atomic E-state index is 5.69. The fourth-order valence-corrected chi connectivity index (χ4v) is 5.25. The highest BCUT2D eigenvalue weighted by atomic mass is 32.2. The van der Waals surface area contributed by atoms with Crippen molar-refractivity contribution in [3.8, 4) is 11.4 Å². The molecule has 0 saturated carbocycles. The second-order valence-electron chi connectivity index (χ2n) is 7.99. The van der Waals surface area contributed by atoms with Gasteiger partial charge in [-0.15, -0.1) is 11.8 Å². The number of aromatic nitrogens is 2. The number of thioether (sulfide) groups is 1. The summed E-state index contributed by atoms with van der Waals surface area (Å²) in [5.74, 6) is 3.17. The molecule has 1 aromatic heterocycles. The number of hydrogen-bond acceptors (Lipinski definition) is 5. The van der Waals surface area contributed by atoms with Gasteiger partial charge in [0.15, 0.2) is 5.82 Å². The van der Waals surface area contributed by atoms with Gasteiger partial charge in [0.1, 0.15) is 5.82 Å². The smallest absolute Gasteiger partial charge is 0.152 e. The summed E-state index contributed by atoms with van der Waals surface area (Å²) >= 11 is 1.84.